The van der Waals surface area contributed by atoms with Crippen LogP contribution in [0.2, 0.25) is 0 Å². The monoisotopic (exact) mass is 269 g/mol. The van der Waals surface area contributed by atoms with Crippen molar-refractivity contribution >= 4 is 5.84 Å². The van der Waals surface area contributed by atoms with E-state index in [0.29, 0.717) is 24.2 Å². The van der Waals surface area contributed by atoms with Crippen LogP contribution in [-0.4, -0.2) is 40.2 Å². The highest BCUT2D eigenvalue weighted by Gasteiger charge is 2.16. The summed E-state index contributed by atoms with van der Waals surface area (Å²) in [6.45, 7) is 4.31. The Bertz CT molecular complexity index is 469. The molecule has 19 heavy (non-hydrogen) atoms. The van der Waals surface area contributed by atoms with Gasteiger partial charge in [-0.15, -0.1) is 0 Å². The summed E-state index contributed by atoms with van der Waals surface area (Å²) in [5, 5.41) is 21.2. The maximum absolute atomic E-state index is 13.5. The minimum atomic E-state index is -0.823. The highest BCUT2D eigenvalue weighted by Crippen LogP contribution is 2.13. The van der Waals surface area contributed by atoms with E-state index >= 15 is 0 Å². The average Bonchev–Trinajstić information content (AvgIpc) is 2.24. The maximum Gasteiger partial charge on any atom is 0.170 e. The standard InChI is InChI=1S/C13H20FN3O2/c1-13(2,18)8-17(3)7-9-4-10(12(15)16-19)6-11(14)5-9/h4-6,18-19H,7-8H2,1-3H3,(H2,15,16). The second-order valence-electron chi connectivity index (χ2n) is 5.32. The van der Waals surface area contributed by atoms with Gasteiger partial charge in [-0.2, -0.15) is 0 Å². The van der Waals surface area contributed by atoms with Crippen molar-refractivity contribution in [3.8, 4) is 0 Å². The van der Waals surface area contributed by atoms with Crippen LogP contribution in [0.1, 0.15) is 25.0 Å². The lowest BCUT2D eigenvalue weighted by atomic mass is 10.1. The molecular weight excluding hydrogens is 249 g/mol. The first kappa shape index (κ1) is 15.4. The molecule has 0 aromatic heterocycles. The fourth-order valence-corrected chi connectivity index (χ4v) is 1.98. The summed E-state index contributed by atoms with van der Waals surface area (Å²) < 4.78 is 13.5. The summed E-state index contributed by atoms with van der Waals surface area (Å²) in [6.07, 6.45) is 0. The van der Waals surface area contributed by atoms with Crippen molar-refractivity contribution in [2.75, 3.05) is 13.6 Å². The smallest absolute Gasteiger partial charge is 0.170 e. The first-order valence-corrected chi connectivity index (χ1v) is 5.89. The van der Waals surface area contributed by atoms with Crippen LogP contribution in [0, 0.1) is 5.82 Å². The topological polar surface area (TPSA) is 82.1 Å². The Balaban J connectivity index is 2.87. The lowest BCUT2D eigenvalue weighted by Crippen LogP contribution is -2.35. The van der Waals surface area contributed by atoms with Crippen LogP contribution >= 0.6 is 0 Å². The summed E-state index contributed by atoms with van der Waals surface area (Å²) in [6, 6.07) is 4.24. The average molecular weight is 269 g/mol. The van der Waals surface area contributed by atoms with Crippen LogP contribution in [0.3, 0.4) is 0 Å². The summed E-state index contributed by atoms with van der Waals surface area (Å²) in [5.41, 5.74) is 5.64. The number of hydrogen-bond acceptors (Lipinski definition) is 4. The molecule has 106 valence electrons. The maximum atomic E-state index is 13.5. The molecule has 5 nitrogen and oxygen atoms in total. The van der Waals surface area contributed by atoms with Crippen LogP contribution in [0.5, 0.6) is 0 Å². The van der Waals surface area contributed by atoms with E-state index in [9.17, 15) is 9.50 Å². The summed E-state index contributed by atoms with van der Waals surface area (Å²) in [5.74, 6) is -0.582. The SMILES string of the molecule is CN(Cc1cc(F)cc(/C(N)=N/O)c1)CC(C)(C)O. The second kappa shape index (κ2) is 5.99. The van der Waals surface area contributed by atoms with E-state index in [1.165, 1.54) is 12.1 Å². The molecule has 0 atom stereocenters. The summed E-state index contributed by atoms with van der Waals surface area (Å²) in [4.78, 5) is 1.87. The quantitative estimate of drug-likeness (QED) is 0.324. The molecular formula is C13H20FN3O2. The Morgan fingerprint density at radius 3 is 2.58 bits per heavy atom. The first-order valence-electron chi connectivity index (χ1n) is 5.89. The third-order valence-corrected chi connectivity index (χ3v) is 2.47. The predicted octanol–water partition coefficient (Wildman–Crippen LogP) is 1.12. The van der Waals surface area contributed by atoms with E-state index in [4.69, 9.17) is 10.9 Å². The minimum Gasteiger partial charge on any atom is -0.409 e. The molecule has 0 saturated carbocycles. The van der Waals surface area contributed by atoms with Crippen molar-refractivity contribution in [2.24, 2.45) is 10.9 Å². The molecule has 0 fully saturated rings. The van der Waals surface area contributed by atoms with Gasteiger partial charge in [-0.05, 0) is 44.7 Å². The number of halogens is 1. The van der Waals surface area contributed by atoms with E-state index in [0.717, 1.165) is 0 Å². The molecule has 0 aliphatic carbocycles. The van der Waals surface area contributed by atoms with Crippen molar-refractivity contribution in [1.82, 2.24) is 4.90 Å². The summed E-state index contributed by atoms with van der Waals surface area (Å²) in [7, 11) is 1.83. The molecule has 6 heteroatoms. The molecule has 0 aliphatic heterocycles. The zero-order valence-electron chi connectivity index (χ0n) is 11.4. The molecule has 0 radical (unpaired) electrons. The number of nitrogens with two attached hydrogens (primary N) is 1. The lowest BCUT2D eigenvalue weighted by Gasteiger charge is -2.25. The lowest BCUT2D eigenvalue weighted by molar-refractivity contribution is 0.0425. The molecule has 4 N–H and O–H groups in total. The van der Waals surface area contributed by atoms with E-state index in [-0.39, 0.29) is 5.84 Å². The zero-order valence-corrected chi connectivity index (χ0v) is 11.4. The normalized spacial score (nSPS) is 13.1. The number of benzene rings is 1. The van der Waals surface area contributed by atoms with Crippen molar-refractivity contribution in [2.45, 2.75) is 26.0 Å². The van der Waals surface area contributed by atoms with Gasteiger partial charge in [-0.3, -0.25) is 4.90 Å². The van der Waals surface area contributed by atoms with Gasteiger partial charge in [0.15, 0.2) is 5.84 Å². The van der Waals surface area contributed by atoms with Crippen LogP contribution in [0.15, 0.2) is 23.4 Å². The Kier molecular flexibility index (Phi) is 4.85. The number of aliphatic hydroxyl groups is 1. The van der Waals surface area contributed by atoms with Crippen LogP contribution in [0.25, 0.3) is 0 Å². The molecule has 1 rings (SSSR count). The van der Waals surface area contributed by atoms with Gasteiger partial charge in [0.05, 0.1) is 5.60 Å². The van der Waals surface area contributed by atoms with Crippen LogP contribution in [0.4, 0.5) is 4.39 Å². The van der Waals surface area contributed by atoms with Crippen molar-refractivity contribution < 1.29 is 14.7 Å². The highest BCUT2D eigenvalue weighted by molar-refractivity contribution is 5.97. The fourth-order valence-electron chi connectivity index (χ4n) is 1.98. The molecule has 1 aromatic rings. The van der Waals surface area contributed by atoms with Crippen molar-refractivity contribution in [3.05, 3.63) is 35.1 Å². The number of hydrogen-bond donors (Lipinski definition) is 3. The van der Waals surface area contributed by atoms with E-state index < -0.39 is 11.4 Å². The molecule has 1 aromatic carbocycles. The van der Waals surface area contributed by atoms with Gasteiger partial charge in [0.2, 0.25) is 0 Å². The fraction of sp³-hybridized carbons (Fsp3) is 0.462. The van der Waals surface area contributed by atoms with Gasteiger partial charge in [0.1, 0.15) is 5.82 Å². The van der Waals surface area contributed by atoms with Gasteiger partial charge in [-0.25, -0.2) is 4.39 Å². The van der Waals surface area contributed by atoms with Gasteiger partial charge in [0, 0.05) is 18.7 Å². The van der Waals surface area contributed by atoms with E-state index in [1.807, 2.05) is 11.9 Å². The Morgan fingerprint density at radius 1 is 1.42 bits per heavy atom. The van der Waals surface area contributed by atoms with Crippen LogP contribution in [-0.2, 0) is 6.54 Å². The van der Waals surface area contributed by atoms with Gasteiger partial charge in [0.25, 0.3) is 0 Å². The van der Waals surface area contributed by atoms with Crippen LogP contribution < -0.4 is 5.73 Å². The number of rotatable bonds is 5. The third-order valence-electron chi connectivity index (χ3n) is 2.47. The molecule has 0 heterocycles. The van der Waals surface area contributed by atoms with Crippen molar-refractivity contribution in [3.63, 3.8) is 0 Å². The molecule has 0 saturated heterocycles. The highest BCUT2D eigenvalue weighted by atomic mass is 19.1. The van der Waals surface area contributed by atoms with Gasteiger partial charge >= 0.3 is 0 Å². The van der Waals surface area contributed by atoms with Gasteiger partial charge in [-0.1, -0.05) is 5.16 Å². The largest absolute Gasteiger partial charge is 0.409 e. The predicted molar refractivity (Wildman–Crippen MR) is 71.5 cm³/mol. The molecule has 0 spiro atoms. The second-order valence-corrected chi connectivity index (χ2v) is 5.32. The third kappa shape index (κ3) is 5.23. The summed E-state index contributed by atoms with van der Waals surface area (Å²) >= 11 is 0. The number of oxime groups is 1. The first-order chi connectivity index (χ1) is 8.71. The minimum absolute atomic E-state index is 0.133. The number of likely N-dealkylation sites (N-methyl/N-ethyl adjacent to an activating group) is 1. The van der Waals surface area contributed by atoms with E-state index in [2.05, 4.69) is 5.16 Å². The van der Waals surface area contributed by atoms with Crippen molar-refractivity contribution in [1.29, 1.82) is 0 Å². The van der Waals surface area contributed by atoms with E-state index in [1.54, 1.807) is 19.9 Å². The Hall–Kier alpha value is -1.66. The Labute approximate surface area is 112 Å². The molecule has 0 aliphatic rings. The number of nitrogens with zero attached hydrogens (tertiary/aromatic N) is 2. The van der Waals surface area contributed by atoms with Gasteiger partial charge < -0.3 is 16.0 Å². The number of amidine groups is 1. The molecule has 0 unspecified atom stereocenters. The molecule has 0 bridgehead atoms. The zero-order chi connectivity index (χ0) is 14.6. The molecule has 0 amide bonds. The Morgan fingerprint density at radius 2 is 2.05 bits per heavy atom.